The van der Waals surface area contributed by atoms with E-state index in [0.29, 0.717) is 23.6 Å². The van der Waals surface area contributed by atoms with Gasteiger partial charge in [0.25, 0.3) is 0 Å². The highest BCUT2D eigenvalue weighted by Crippen LogP contribution is 2.26. The quantitative estimate of drug-likeness (QED) is 0.882. The van der Waals surface area contributed by atoms with Crippen molar-refractivity contribution < 1.29 is 4.74 Å². The van der Waals surface area contributed by atoms with Crippen LogP contribution in [0.4, 0.5) is 5.69 Å². The van der Waals surface area contributed by atoms with Crippen molar-refractivity contribution in [1.29, 1.82) is 5.26 Å². The lowest BCUT2D eigenvalue weighted by atomic mass is 10.2. The molecule has 0 spiro atoms. The van der Waals surface area contributed by atoms with Crippen LogP contribution in [-0.2, 0) is 6.61 Å². The molecule has 0 aliphatic rings. The monoisotopic (exact) mass is 308 g/mol. The summed E-state index contributed by atoms with van der Waals surface area (Å²) in [5.74, 6) is 0.557. The number of nitrogens with zero attached hydrogens (tertiary/aromatic N) is 1. The zero-order valence-electron chi connectivity index (χ0n) is 8.81. The minimum absolute atomic E-state index is 0.441. The minimum Gasteiger partial charge on any atom is -0.487 e. The van der Waals surface area contributed by atoms with Crippen LogP contribution in [0.3, 0.4) is 0 Å². The number of anilines is 1. The summed E-state index contributed by atoms with van der Waals surface area (Å²) in [5.41, 5.74) is 6.62. The van der Waals surface area contributed by atoms with E-state index < -0.39 is 0 Å². The lowest BCUT2D eigenvalue weighted by Crippen LogP contribution is -1.97. The van der Waals surface area contributed by atoms with Gasteiger partial charge >= 0.3 is 0 Å². The largest absolute Gasteiger partial charge is 0.487 e. The van der Waals surface area contributed by atoms with Crippen LogP contribution in [-0.4, -0.2) is 0 Å². The number of rotatable bonds is 3. The van der Waals surface area contributed by atoms with Gasteiger partial charge in [-0.2, -0.15) is 5.26 Å². The van der Waals surface area contributed by atoms with Gasteiger partial charge in [-0.15, -0.1) is 11.3 Å². The molecule has 0 saturated heterocycles. The maximum absolute atomic E-state index is 8.96. The minimum atomic E-state index is 0.441. The third-order valence-electron chi connectivity index (χ3n) is 2.17. The number of benzene rings is 1. The third-order valence-corrected chi connectivity index (χ3v) is 4.07. The van der Waals surface area contributed by atoms with Crippen LogP contribution in [0.15, 0.2) is 34.1 Å². The summed E-state index contributed by atoms with van der Waals surface area (Å²) in [6.07, 6.45) is 0. The number of hydrogen-bond acceptors (Lipinski definition) is 4. The first-order chi connectivity index (χ1) is 8.20. The van der Waals surface area contributed by atoms with Gasteiger partial charge in [0.15, 0.2) is 0 Å². The average Bonchev–Trinajstić information content (AvgIpc) is 2.73. The van der Waals surface area contributed by atoms with Crippen LogP contribution in [0.25, 0.3) is 0 Å². The van der Waals surface area contributed by atoms with Crippen molar-refractivity contribution in [1.82, 2.24) is 0 Å². The molecule has 0 bridgehead atoms. The predicted molar refractivity (Wildman–Crippen MR) is 71.9 cm³/mol. The van der Waals surface area contributed by atoms with E-state index in [1.165, 1.54) is 0 Å². The second-order valence-corrected chi connectivity index (χ2v) is 5.20. The summed E-state index contributed by atoms with van der Waals surface area (Å²) in [6, 6.07) is 9.09. The number of nitrogens with two attached hydrogens (primary N) is 1. The third kappa shape index (κ3) is 2.78. The first-order valence-corrected chi connectivity index (χ1v) is 6.52. The van der Waals surface area contributed by atoms with Crippen LogP contribution in [0.1, 0.15) is 10.4 Å². The fraction of sp³-hybridized carbons (Fsp3) is 0.0833. The fourth-order valence-electron chi connectivity index (χ4n) is 1.33. The Kier molecular flexibility index (Phi) is 3.67. The highest BCUT2D eigenvalue weighted by atomic mass is 79.9. The van der Waals surface area contributed by atoms with Crippen molar-refractivity contribution in [2.75, 3.05) is 5.73 Å². The molecule has 86 valence electrons. The molecule has 1 aromatic heterocycles. The van der Waals surface area contributed by atoms with E-state index in [4.69, 9.17) is 15.7 Å². The number of hydrogen-bond donors (Lipinski definition) is 1. The zero-order valence-corrected chi connectivity index (χ0v) is 11.2. The maximum atomic E-state index is 8.96. The van der Waals surface area contributed by atoms with Gasteiger partial charge in [-0.1, -0.05) is 0 Å². The second kappa shape index (κ2) is 5.21. The SMILES string of the molecule is N#Cc1cc(N)ccc1OCc1sccc1Br. The van der Waals surface area contributed by atoms with Crippen LogP contribution in [0, 0.1) is 11.3 Å². The van der Waals surface area contributed by atoms with E-state index in [1.807, 2.05) is 11.4 Å². The summed E-state index contributed by atoms with van der Waals surface area (Å²) in [4.78, 5) is 1.09. The van der Waals surface area contributed by atoms with Crippen molar-refractivity contribution in [3.8, 4) is 11.8 Å². The lowest BCUT2D eigenvalue weighted by molar-refractivity contribution is 0.308. The molecule has 3 nitrogen and oxygen atoms in total. The molecule has 1 heterocycles. The summed E-state index contributed by atoms with van der Waals surface area (Å²) in [6.45, 7) is 0.441. The Morgan fingerprint density at radius 2 is 2.24 bits per heavy atom. The molecule has 0 radical (unpaired) electrons. The highest BCUT2D eigenvalue weighted by Gasteiger charge is 2.06. The smallest absolute Gasteiger partial charge is 0.137 e. The Labute approximate surface area is 112 Å². The number of nitriles is 1. The maximum Gasteiger partial charge on any atom is 0.137 e. The van der Waals surface area contributed by atoms with Crippen molar-refractivity contribution >= 4 is 33.0 Å². The molecule has 2 rings (SSSR count). The van der Waals surface area contributed by atoms with E-state index in [2.05, 4.69) is 22.0 Å². The first-order valence-electron chi connectivity index (χ1n) is 4.85. The van der Waals surface area contributed by atoms with Crippen LogP contribution >= 0.6 is 27.3 Å². The molecule has 5 heteroatoms. The van der Waals surface area contributed by atoms with E-state index in [1.54, 1.807) is 29.5 Å². The van der Waals surface area contributed by atoms with Gasteiger partial charge in [-0.3, -0.25) is 0 Å². The van der Waals surface area contributed by atoms with Crippen LogP contribution in [0.5, 0.6) is 5.75 Å². The topological polar surface area (TPSA) is 59.0 Å². The van der Waals surface area contributed by atoms with Gasteiger partial charge < -0.3 is 10.5 Å². The Morgan fingerprint density at radius 3 is 2.88 bits per heavy atom. The molecule has 0 atom stereocenters. The van der Waals surface area contributed by atoms with Gasteiger partial charge in [0, 0.05) is 10.2 Å². The summed E-state index contributed by atoms with van der Waals surface area (Å²) >= 11 is 5.04. The van der Waals surface area contributed by atoms with Crippen molar-refractivity contribution in [3.63, 3.8) is 0 Å². The Hall–Kier alpha value is -1.51. The molecule has 0 fully saturated rings. The van der Waals surface area contributed by atoms with Crippen LogP contribution < -0.4 is 10.5 Å². The molecule has 0 aliphatic heterocycles. The lowest BCUT2D eigenvalue weighted by Gasteiger charge is -2.07. The first kappa shape index (κ1) is 12.0. The molecule has 0 unspecified atom stereocenters. The van der Waals surface area contributed by atoms with E-state index in [0.717, 1.165) is 9.35 Å². The predicted octanol–water partition coefficient (Wildman–Crippen LogP) is 3.54. The summed E-state index contributed by atoms with van der Waals surface area (Å²) in [5, 5.41) is 10.9. The fourth-order valence-corrected chi connectivity index (χ4v) is 2.71. The standard InChI is InChI=1S/C12H9BrN2OS/c13-10-3-4-17-12(10)7-16-11-2-1-9(15)5-8(11)6-14/h1-5H,7,15H2. The molecule has 2 aromatic rings. The van der Waals surface area contributed by atoms with Crippen molar-refractivity contribution in [2.45, 2.75) is 6.61 Å². The van der Waals surface area contributed by atoms with E-state index >= 15 is 0 Å². The number of ether oxygens (including phenoxy) is 1. The van der Waals surface area contributed by atoms with Crippen LogP contribution in [0.2, 0.25) is 0 Å². The molecular formula is C12H9BrN2OS. The number of thiophene rings is 1. The molecule has 0 aliphatic carbocycles. The molecule has 17 heavy (non-hydrogen) atoms. The normalized spacial score (nSPS) is 9.88. The van der Waals surface area contributed by atoms with E-state index in [9.17, 15) is 0 Å². The Balaban J connectivity index is 2.15. The Bertz CT molecular complexity index is 574. The average molecular weight is 309 g/mol. The molecule has 2 N–H and O–H groups in total. The van der Waals surface area contributed by atoms with Gasteiger partial charge in [-0.25, -0.2) is 0 Å². The van der Waals surface area contributed by atoms with E-state index in [-0.39, 0.29) is 0 Å². The molecule has 1 aromatic carbocycles. The number of halogens is 1. The number of nitrogen functional groups attached to an aromatic ring is 1. The molecule has 0 saturated carbocycles. The molecule has 0 amide bonds. The summed E-state index contributed by atoms with van der Waals surface area (Å²) < 4.78 is 6.64. The Morgan fingerprint density at radius 1 is 1.41 bits per heavy atom. The van der Waals surface area contributed by atoms with Gasteiger partial charge in [0.1, 0.15) is 18.4 Å². The molecular weight excluding hydrogens is 300 g/mol. The van der Waals surface area contributed by atoms with Gasteiger partial charge in [-0.05, 0) is 45.6 Å². The highest BCUT2D eigenvalue weighted by molar-refractivity contribution is 9.10. The van der Waals surface area contributed by atoms with Crippen molar-refractivity contribution in [3.05, 3.63) is 44.6 Å². The zero-order chi connectivity index (χ0) is 12.3. The van der Waals surface area contributed by atoms with Gasteiger partial charge in [0.05, 0.1) is 10.4 Å². The van der Waals surface area contributed by atoms with Crippen molar-refractivity contribution in [2.24, 2.45) is 0 Å². The second-order valence-electron chi connectivity index (χ2n) is 3.35. The summed E-state index contributed by atoms with van der Waals surface area (Å²) in [7, 11) is 0. The van der Waals surface area contributed by atoms with Gasteiger partial charge in [0.2, 0.25) is 0 Å².